The van der Waals surface area contributed by atoms with E-state index in [1.165, 1.54) is 0 Å². The zero-order valence-electron chi connectivity index (χ0n) is 68.5. The first-order valence-corrected chi connectivity index (χ1v) is 42.0. The summed E-state index contributed by atoms with van der Waals surface area (Å²) in [5.74, 6) is 16.4. The highest BCUT2D eigenvalue weighted by Gasteiger charge is 2.22. The molecule has 0 saturated heterocycles. The lowest BCUT2D eigenvalue weighted by molar-refractivity contribution is 0.0180. The fraction of sp³-hybridized carbons (Fsp3) is 0.292. The highest BCUT2D eigenvalue weighted by atomic mass is 79.9. The second-order valence-corrected chi connectivity index (χ2v) is 29.3. The number of nitrogens with one attached hydrogen (secondary N) is 4. The van der Waals surface area contributed by atoms with Crippen LogP contribution in [0.4, 0.5) is 0 Å². The Labute approximate surface area is 725 Å². The third-order valence-electron chi connectivity index (χ3n) is 19.5. The van der Waals surface area contributed by atoms with Crippen molar-refractivity contribution in [3.63, 3.8) is 0 Å². The molecule has 10 heterocycles. The van der Waals surface area contributed by atoms with Crippen molar-refractivity contribution in [1.82, 2.24) is 39.9 Å². The van der Waals surface area contributed by atoms with Crippen molar-refractivity contribution in [3.8, 4) is 91.2 Å². The van der Waals surface area contributed by atoms with Crippen LogP contribution in [0, 0.1) is 23.7 Å². The molecule has 0 aliphatic carbocycles. The van der Waals surface area contributed by atoms with Gasteiger partial charge in [0.1, 0.15) is 49.4 Å². The lowest BCUT2D eigenvalue weighted by Crippen LogP contribution is -2.12. The van der Waals surface area contributed by atoms with Crippen LogP contribution in [0.25, 0.3) is 137 Å². The molecule has 26 heteroatoms. The molecule has 16 bridgehead atoms. The Balaban J connectivity index is 0.908. The summed E-state index contributed by atoms with van der Waals surface area (Å²) in [6.07, 6.45) is 16.1. The molecule has 0 atom stereocenters. The number of H-pyrrole nitrogens is 4. The third-order valence-corrected chi connectivity index (χ3v) is 21.2. The summed E-state index contributed by atoms with van der Waals surface area (Å²) >= 11 is 7.96. The van der Waals surface area contributed by atoms with Gasteiger partial charge in [0.2, 0.25) is 0 Å². The molecule has 0 fully saturated rings. The van der Waals surface area contributed by atoms with E-state index in [-0.39, 0.29) is 0 Å². The first kappa shape index (κ1) is 87.2. The number of halogens is 2. The molecule has 6 aromatic heterocycles. The lowest BCUT2D eigenvalue weighted by Gasteiger charge is -2.10. The van der Waals surface area contributed by atoms with Gasteiger partial charge in [-0.15, -0.1) is 0 Å². The van der Waals surface area contributed by atoms with Crippen molar-refractivity contribution in [2.75, 3.05) is 187 Å². The highest BCUT2D eigenvalue weighted by Crippen LogP contribution is 2.40. The number of hydrogen-bond donors (Lipinski definition) is 4. The van der Waals surface area contributed by atoms with E-state index < -0.39 is 0 Å². The largest absolute Gasteiger partial charge is 0.491 e. The molecule has 0 saturated carbocycles. The molecule has 4 aliphatic heterocycles. The van der Waals surface area contributed by atoms with Gasteiger partial charge in [0, 0.05) is 72.8 Å². The van der Waals surface area contributed by atoms with Crippen LogP contribution in [0.5, 0.6) is 23.0 Å². The van der Waals surface area contributed by atoms with Gasteiger partial charge in [-0.3, -0.25) is 0 Å². The molecule has 0 spiro atoms. The summed E-state index contributed by atoms with van der Waals surface area (Å²) in [6.45, 7) is 10.3. The van der Waals surface area contributed by atoms with Crippen molar-refractivity contribution < 1.29 is 75.8 Å². The Kier molecular flexibility index (Phi) is 32.7. The Morgan fingerprint density at radius 3 is 0.746 bits per heavy atom. The Morgan fingerprint density at radius 1 is 0.246 bits per heavy atom. The molecule has 4 aliphatic rings. The zero-order valence-corrected chi connectivity index (χ0v) is 71.7. The molecule has 0 radical (unpaired) electrons. The average molecular weight is 1780 g/mol. The number of nitrogens with zero attached hydrogens (tertiary/aromatic N) is 4. The summed E-state index contributed by atoms with van der Waals surface area (Å²) in [5.41, 5.74) is 19.2. The fourth-order valence-electron chi connectivity index (χ4n) is 13.7. The molecule has 122 heavy (non-hydrogen) atoms. The van der Waals surface area contributed by atoms with Crippen molar-refractivity contribution in [1.29, 1.82) is 0 Å². The standard InChI is InChI=1S/C96H96Br2N8O16/c1-107-37-41-111-45-49-115-53-57-119-69-15-7-11-65(61-69)91-79-25-21-75(99-79)73(76-22-26-80(100-76)92(84-30-34-88(104-84)95(97)87-33-29-83(91)103-87)66-12-8-16-70(62-66)120-58-54-116-50-46-112-42-38-108-2)19-5-6-20-74-77-23-27-81(101-77)93(67-13-9-17-71(63-67)121-59-55-117-51-47-113-43-39-109-3)85-31-35-89(105-85)96(98)90-36-32-86(106-90)94(82-28-24-78(74)102-82)68-14-10-18-72(64-68)122-60-56-118-52-48-114-44-40-110-4/h7-18,21-36,61-64,99,101,104,106H,37-60H2,1-4H3. The fourth-order valence-corrected chi connectivity index (χ4v) is 14.6. The summed E-state index contributed by atoms with van der Waals surface area (Å²) in [6, 6.07) is 48.2. The second-order valence-electron chi connectivity index (χ2n) is 27.8. The van der Waals surface area contributed by atoms with Gasteiger partial charge in [-0.25, -0.2) is 19.9 Å². The molecular formula is C96H96Br2N8O16. The quantitative estimate of drug-likeness (QED) is 0.0204. The van der Waals surface area contributed by atoms with E-state index in [1.54, 1.807) is 28.4 Å². The third kappa shape index (κ3) is 23.6. The number of aromatic amines is 4. The van der Waals surface area contributed by atoms with Gasteiger partial charge in [-0.1, -0.05) is 48.5 Å². The van der Waals surface area contributed by atoms with E-state index in [1.807, 2.05) is 158 Å². The summed E-state index contributed by atoms with van der Waals surface area (Å²) in [7, 11) is 6.59. The number of rotatable bonds is 44. The molecule has 10 aromatic rings. The molecule has 14 rings (SSSR count). The van der Waals surface area contributed by atoms with E-state index in [2.05, 4.69) is 112 Å². The first-order valence-electron chi connectivity index (χ1n) is 40.4. The molecule has 0 amide bonds. The van der Waals surface area contributed by atoms with Crippen LogP contribution in [0.15, 0.2) is 155 Å². The van der Waals surface area contributed by atoms with Crippen molar-refractivity contribution in [2.45, 2.75) is 0 Å². The molecular weight excluding hydrogens is 1680 g/mol. The molecule has 630 valence electrons. The van der Waals surface area contributed by atoms with Gasteiger partial charge < -0.3 is 95.7 Å². The van der Waals surface area contributed by atoms with Crippen LogP contribution < -0.4 is 18.9 Å². The number of fused-ring (bicyclic) bond motifs is 16. The SMILES string of the molecule is COCCOCCOCCOc1cccc(-c2c3nc(c(C#CC#Cc4c5nc(c(-c6cccc(OCCOCCOCCOC)c6)c6ccc([nH]6)c(Br)c6nc(c(-c7cccc(OCCOCCOCCOC)c7)c7ccc4[nH]7)C=C6)C=C5)c4ccc([nH]4)c(-c4cccc(OCCOCCOCCOC)c4)c4nc(c(Br)c5ccc2[nH]5)C=C4)C=C3)c1. The minimum Gasteiger partial charge on any atom is -0.491 e. The van der Waals surface area contributed by atoms with Gasteiger partial charge in [0.05, 0.1) is 220 Å². The number of ether oxygens (including phenoxy) is 16. The topological polar surface area (TPSA) is 262 Å². The number of hydrogen-bond acceptors (Lipinski definition) is 20. The predicted molar refractivity (Wildman–Crippen MR) is 485 cm³/mol. The van der Waals surface area contributed by atoms with E-state index in [0.29, 0.717) is 249 Å². The minimum atomic E-state index is 0.320. The number of benzene rings is 4. The highest BCUT2D eigenvalue weighted by molar-refractivity contribution is 9.11. The van der Waals surface area contributed by atoms with E-state index in [0.717, 1.165) is 86.6 Å². The van der Waals surface area contributed by atoms with Gasteiger partial charge in [0.25, 0.3) is 0 Å². The maximum atomic E-state index is 6.35. The molecule has 24 nitrogen and oxygen atoms in total. The van der Waals surface area contributed by atoms with E-state index >= 15 is 0 Å². The molecule has 0 unspecified atom stereocenters. The average Bonchev–Trinajstić information content (AvgIpc) is 1.62. The summed E-state index contributed by atoms with van der Waals surface area (Å²) in [4.78, 5) is 36.8. The minimum absolute atomic E-state index is 0.320. The van der Waals surface area contributed by atoms with Crippen molar-refractivity contribution in [3.05, 3.63) is 211 Å². The first-order chi connectivity index (χ1) is 60.2. The lowest BCUT2D eigenvalue weighted by atomic mass is 10.0. The van der Waals surface area contributed by atoms with Gasteiger partial charge in [-0.05, 0) is 223 Å². The normalized spacial score (nSPS) is 12.0. The van der Waals surface area contributed by atoms with Crippen LogP contribution >= 0.6 is 31.9 Å². The monoisotopic (exact) mass is 1770 g/mol. The van der Waals surface area contributed by atoms with Crippen molar-refractivity contribution in [2.24, 2.45) is 0 Å². The van der Waals surface area contributed by atoms with Crippen LogP contribution in [-0.2, 0) is 56.8 Å². The number of methoxy groups -OCH3 is 4. The maximum Gasteiger partial charge on any atom is 0.120 e. The maximum absolute atomic E-state index is 6.35. The van der Waals surface area contributed by atoms with Gasteiger partial charge in [-0.2, -0.15) is 0 Å². The van der Waals surface area contributed by atoms with Crippen molar-refractivity contribution >= 4 is 125 Å². The van der Waals surface area contributed by atoms with Crippen LogP contribution in [-0.4, -0.2) is 227 Å². The summed E-state index contributed by atoms with van der Waals surface area (Å²) in [5, 5.41) is 0. The zero-order chi connectivity index (χ0) is 83.9. The number of aromatic nitrogens is 8. The van der Waals surface area contributed by atoms with E-state index in [9.17, 15) is 0 Å². The van der Waals surface area contributed by atoms with Crippen LogP contribution in [0.1, 0.15) is 56.7 Å². The van der Waals surface area contributed by atoms with E-state index in [4.69, 9.17) is 95.7 Å². The Bertz CT molecular complexity index is 5400. The smallest absolute Gasteiger partial charge is 0.120 e. The Morgan fingerprint density at radius 2 is 0.467 bits per heavy atom. The predicted octanol–water partition coefficient (Wildman–Crippen LogP) is 17.5. The van der Waals surface area contributed by atoms with Crippen LogP contribution in [0.3, 0.4) is 0 Å². The molecule has 4 N–H and O–H groups in total. The van der Waals surface area contributed by atoms with Gasteiger partial charge in [0.15, 0.2) is 0 Å². The Hall–Kier alpha value is -11.1. The van der Waals surface area contributed by atoms with Gasteiger partial charge >= 0.3 is 0 Å². The second kappa shape index (κ2) is 45.7. The molecule has 4 aromatic carbocycles. The van der Waals surface area contributed by atoms with Crippen LogP contribution in [0.2, 0.25) is 0 Å². The summed E-state index contributed by atoms with van der Waals surface area (Å²) < 4.78 is 93.2.